The fourth-order valence-electron chi connectivity index (χ4n) is 2.78. The minimum atomic E-state index is -0.703. The van der Waals surface area contributed by atoms with Crippen LogP contribution in [0.5, 0.6) is 5.75 Å². The smallest absolute Gasteiger partial charge is 0.346 e. The lowest BCUT2D eigenvalue weighted by atomic mass is 9.77. The molecular formula is C14H16O4. The van der Waals surface area contributed by atoms with Gasteiger partial charge >= 0.3 is 5.63 Å². The normalized spacial score (nSPS) is 29.9. The van der Waals surface area contributed by atoms with Gasteiger partial charge in [-0.1, -0.05) is 0 Å². The highest BCUT2D eigenvalue weighted by Gasteiger charge is 2.44. The van der Waals surface area contributed by atoms with Gasteiger partial charge in [0.05, 0.1) is 6.10 Å². The van der Waals surface area contributed by atoms with Crippen molar-refractivity contribution in [3.63, 3.8) is 0 Å². The second-order valence-electron chi connectivity index (χ2n) is 5.21. The first kappa shape index (κ1) is 11.5. The van der Waals surface area contributed by atoms with E-state index >= 15 is 0 Å². The average molecular weight is 248 g/mol. The summed E-state index contributed by atoms with van der Waals surface area (Å²) in [5.41, 5.74) is 0.359. The van der Waals surface area contributed by atoms with Gasteiger partial charge in [0.15, 0.2) is 5.60 Å². The number of hydrogen-bond donors (Lipinski definition) is 1. The predicted octanol–water partition coefficient (Wildman–Crippen LogP) is 2.03. The van der Waals surface area contributed by atoms with Crippen LogP contribution >= 0.6 is 0 Å². The molecule has 0 saturated heterocycles. The molecule has 1 saturated carbocycles. The Hall–Kier alpha value is -1.55. The third-order valence-corrected chi connectivity index (χ3v) is 3.91. The fourth-order valence-corrected chi connectivity index (χ4v) is 2.78. The van der Waals surface area contributed by atoms with Crippen LogP contribution in [0.4, 0.5) is 0 Å². The number of hydrogen-bond acceptors (Lipinski definition) is 4. The molecular weight excluding hydrogens is 232 g/mol. The lowest BCUT2D eigenvalue weighted by Crippen LogP contribution is -2.50. The molecule has 0 unspecified atom stereocenters. The number of rotatable bonds is 0. The summed E-state index contributed by atoms with van der Waals surface area (Å²) in [6.45, 7) is 3.60. The summed E-state index contributed by atoms with van der Waals surface area (Å²) in [7, 11) is 0. The molecule has 4 heteroatoms. The number of ether oxygens (including phenoxy) is 1. The summed E-state index contributed by atoms with van der Waals surface area (Å²) < 4.78 is 11.0. The number of aliphatic hydroxyl groups excluding tert-OH is 1. The van der Waals surface area contributed by atoms with E-state index in [0.29, 0.717) is 17.1 Å². The van der Waals surface area contributed by atoms with Gasteiger partial charge in [0.2, 0.25) is 0 Å². The zero-order valence-electron chi connectivity index (χ0n) is 10.5. The molecule has 4 nitrogen and oxygen atoms in total. The number of fused-ring (bicyclic) bond motifs is 2. The average Bonchev–Trinajstić information content (AvgIpc) is 2.29. The van der Waals surface area contributed by atoms with Gasteiger partial charge in [-0.05, 0) is 44.8 Å². The highest BCUT2D eigenvalue weighted by molar-refractivity contribution is 5.64. The lowest BCUT2D eigenvalue weighted by molar-refractivity contribution is -0.0357. The molecule has 2 atom stereocenters. The Morgan fingerprint density at radius 1 is 1.50 bits per heavy atom. The maximum atomic E-state index is 11.8. The molecule has 0 spiro atoms. The van der Waals surface area contributed by atoms with Crippen LogP contribution in [0, 0.1) is 6.92 Å². The molecule has 1 fully saturated rings. The molecule has 2 aliphatic rings. The summed E-state index contributed by atoms with van der Waals surface area (Å²) in [4.78, 5) is 11.8. The Morgan fingerprint density at radius 3 is 3.06 bits per heavy atom. The van der Waals surface area contributed by atoms with E-state index in [4.69, 9.17) is 9.15 Å². The quantitative estimate of drug-likeness (QED) is 0.763. The van der Waals surface area contributed by atoms with Crippen LogP contribution in [0.25, 0.3) is 6.08 Å². The SMILES string of the molecule is Cc1cc2c(c(=O)o1)C=C1CCC[C@H](O)[C@]1(C)O2. The fraction of sp³-hybridized carbons (Fsp3) is 0.500. The van der Waals surface area contributed by atoms with Crippen LogP contribution in [-0.2, 0) is 0 Å². The first-order valence-corrected chi connectivity index (χ1v) is 6.23. The van der Waals surface area contributed by atoms with Gasteiger partial charge in [-0.3, -0.25) is 0 Å². The van der Waals surface area contributed by atoms with Crippen molar-refractivity contribution >= 4 is 6.08 Å². The second-order valence-corrected chi connectivity index (χ2v) is 5.21. The maximum Gasteiger partial charge on any atom is 0.346 e. The Bertz CT molecular complexity index is 584. The molecule has 0 amide bonds. The highest BCUT2D eigenvalue weighted by atomic mass is 16.5. The molecule has 96 valence electrons. The van der Waals surface area contributed by atoms with E-state index in [1.807, 2.05) is 13.0 Å². The van der Waals surface area contributed by atoms with Gasteiger partial charge in [0, 0.05) is 6.07 Å². The van der Waals surface area contributed by atoms with Crippen molar-refractivity contribution in [2.24, 2.45) is 0 Å². The molecule has 3 rings (SSSR count). The topological polar surface area (TPSA) is 59.7 Å². The maximum absolute atomic E-state index is 11.8. The van der Waals surface area contributed by atoms with Crippen LogP contribution in [0.15, 0.2) is 20.9 Å². The molecule has 1 aliphatic carbocycles. The van der Waals surface area contributed by atoms with Crippen molar-refractivity contribution in [2.45, 2.75) is 44.8 Å². The Kier molecular flexibility index (Phi) is 2.38. The van der Waals surface area contributed by atoms with E-state index in [1.165, 1.54) is 0 Å². The first-order valence-electron chi connectivity index (χ1n) is 6.23. The van der Waals surface area contributed by atoms with Gasteiger partial charge in [-0.25, -0.2) is 4.79 Å². The van der Waals surface area contributed by atoms with E-state index in [2.05, 4.69) is 0 Å². The van der Waals surface area contributed by atoms with Crippen molar-refractivity contribution in [3.8, 4) is 5.75 Å². The number of aliphatic hydroxyl groups is 1. The minimum Gasteiger partial charge on any atom is -0.479 e. The lowest BCUT2D eigenvalue weighted by Gasteiger charge is -2.43. The first-order chi connectivity index (χ1) is 8.50. The molecule has 2 heterocycles. The van der Waals surface area contributed by atoms with Gasteiger partial charge < -0.3 is 14.3 Å². The summed E-state index contributed by atoms with van der Waals surface area (Å²) in [6, 6.07) is 1.70. The molecule has 1 N–H and O–H groups in total. The molecule has 0 aromatic carbocycles. The molecule has 0 bridgehead atoms. The number of aryl methyl sites for hydroxylation is 1. The molecule has 0 radical (unpaired) electrons. The predicted molar refractivity (Wildman–Crippen MR) is 66.6 cm³/mol. The van der Waals surface area contributed by atoms with Crippen molar-refractivity contribution < 1.29 is 14.3 Å². The van der Waals surface area contributed by atoms with Crippen molar-refractivity contribution in [1.29, 1.82) is 0 Å². The second kappa shape index (κ2) is 3.72. The summed E-state index contributed by atoms with van der Waals surface area (Å²) >= 11 is 0. The Morgan fingerprint density at radius 2 is 2.28 bits per heavy atom. The van der Waals surface area contributed by atoms with Crippen LogP contribution in [0.2, 0.25) is 0 Å². The third-order valence-electron chi connectivity index (χ3n) is 3.91. The third kappa shape index (κ3) is 1.52. The van der Waals surface area contributed by atoms with E-state index in [9.17, 15) is 9.90 Å². The van der Waals surface area contributed by atoms with Crippen molar-refractivity contribution in [2.75, 3.05) is 0 Å². The summed E-state index contributed by atoms with van der Waals surface area (Å²) in [6.07, 6.45) is 3.78. The van der Waals surface area contributed by atoms with Gasteiger partial charge in [-0.2, -0.15) is 0 Å². The van der Waals surface area contributed by atoms with E-state index < -0.39 is 11.7 Å². The van der Waals surface area contributed by atoms with E-state index in [1.54, 1.807) is 13.0 Å². The van der Waals surface area contributed by atoms with Crippen LogP contribution in [-0.4, -0.2) is 16.8 Å². The van der Waals surface area contributed by atoms with E-state index in [-0.39, 0.29) is 5.63 Å². The largest absolute Gasteiger partial charge is 0.479 e. The van der Waals surface area contributed by atoms with E-state index in [0.717, 1.165) is 24.8 Å². The van der Waals surface area contributed by atoms with Crippen LogP contribution in [0.3, 0.4) is 0 Å². The van der Waals surface area contributed by atoms with Crippen LogP contribution in [0.1, 0.15) is 37.5 Å². The summed E-state index contributed by atoms with van der Waals surface area (Å²) in [5.74, 6) is 1.03. The Balaban J connectivity index is 2.19. The zero-order chi connectivity index (χ0) is 12.9. The molecule has 1 aliphatic heterocycles. The standard InChI is InChI=1S/C14H16O4/c1-8-6-11-10(13(16)17-8)7-9-4-3-5-12(15)14(9,2)18-11/h6-7,12,15H,3-5H2,1-2H3/t12-,14+/m0/s1. The molecule has 18 heavy (non-hydrogen) atoms. The van der Waals surface area contributed by atoms with Gasteiger partial charge in [0.1, 0.15) is 17.1 Å². The van der Waals surface area contributed by atoms with Crippen molar-refractivity contribution in [1.82, 2.24) is 0 Å². The van der Waals surface area contributed by atoms with Gasteiger partial charge in [-0.15, -0.1) is 0 Å². The molecule has 1 aromatic heterocycles. The Labute approximate surface area is 105 Å². The zero-order valence-corrected chi connectivity index (χ0v) is 10.5. The van der Waals surface area contributed by atoms with Crippen molar-refractivity contribution in [3.05, 3.63) is 33.4 Å². The van der Waals surface area contributed by atoms with Crippen LogP contribution < -0.4 is 10.4 Å². The molecule has 1 aromatic rings. The highest BCUT2D eigenvalue weighted by Crippen LogP contribution is 2.42. The monoisotopic (exact) mass is 248 g/mol. The minimum absolute atomic E-state index is 0.375. The summed E-state index contributed by atoms with van der Waals surface area (Å²) in [5, 5.41) is 10.2. The van der Waals surface area contributed by atoms with Gasteiger partial charge in [0.25, 0.3) is 0 Å².